The number of ether oxygens (including phenoxy) is 2. The molecule has 1 aliphatic rings. The molecular weight excluding hydrogens is 196 g/mol. The number of carbonyl (C=O) groups is 2. The molecule has 0 N–H and O–H groups in total. The van der Waals surface area contributed by atoms with Crippen LogP contribution in [0.25, 0.3) is 0 Å². The number of hydrogen-bond acceptors (Lipinski definition) is 4. The minimum absolute atomic E-state index is 0.0240. The van der Waals surface area contributed by atoms with E-state index >= 15 is 0 Å². The van der Waals surface area contributed by atoms with Gasteiger partial charge in [0.25, 0.3) is 0 Å². The van der Waals surface area contributed by atoms with Crippen LogP contribution < -0.4 is 0 Å². The van der Waals surface area contributed by atoms with E-state index in [1.54, 1.807) is 0 Å². The van der Waals surface area contributed by atoms with Crippen molar-refractivity contribution in [2.75, 3.05) is 20.3 Å². The highest BCUT2D eigenvalue weighted by molar-refractivity contribution is 6.00. The lowest BCUT2D eigenvalue weighted by atomic mass is 9.87. The van der Waals surface area contributed by atoms with E-state index in [0.29, 0.717) is 13.0 Å². The van der Waals surface area contributed by atoms with Crippen molar-refractivity contribution >= 4 is 11.8 Å². The maximum Gasteiger partial charge on any atom is 0.316 e. The third kappa shape index (κ3) is 3.02. The molecule has 4 heteroatoms. The fourth-order valence-corrected chi connectivity index (χ4v) is 1.88. The maximum atomic E-state index is 11.9. The third-order valence-electron chi connectivity index (χ3n) is 2.80. The Hall–Kier alpha value is -0.900. The predicted molar refractivity (Wildman–Crippen MR) is 54.3 cm³/mol. The molecule has 0 aromatic carbocycles. The molecule has 0 aromatic heterocycles. The lowest BCUT2D eigenvalue weighted by Crippen LogP contribution is -2.34. The topological polar surface area (TPSA) is 52.6 Å². The van der Waals surface area contributed by atoms with Gasteiger partial charge in [0.15, 0.2) is 5.78 Å². The van der Waals surface area contributed by atoms with Crippen molar-refractivity contribution in [3.8, 4) is 0 Å². The van der Waals surface area contributed by atoms with Crippen LogP contribution in [0.1, 0.15) is 26.2 Å². The average Bonchev–Trinajstić information content (AvgIpc) is 2.30. The van der Waals surface area contributed by atoms with Crippen LogP contribution in [0.5, 0.6) is 0 Å². The zero-order valence-electron chi connectivity index (χ0n) is 9.32. The van der Waals surface area contributed by atoms with Gasteiger partial charge in [0, 0.05) is 12.5 Å². The monoisotopic (exact) mass is 214 g/mol. The minimum atomic E-state index is -0.610. The Labute approximate surface area is 89.9 Å². The summed E-state index contributed by atoms with van der Waals surface area (Å²) in [7, 11) is 1.32. The van der Waals surface area contributed by atoms with Gasteiger partial charge in [0.1, 0.15) is 5.92 Å². The molecule has 1 heterocycles. The van der Waals surface area contributed by atoms with Gasteiger partial charge in [-0.3, -0.25) is 9.59 Å². The molecular formula is C11H18O4. The normalized spacial score (nSPS) is 23.2. The fraction of sp³-hybridized carbons (Fsp3) is 0.818. The van der Waals surface area contributed by atoms with Crippen molar-refractivity contribution in [1.29, 1.82) is 0 Å². The van der Waals surface area contributed by atoms with Crippen molar-refractivity contribution in [1.82, 2.24) is 0 Å². The summed E-state index contributed by atoms with van der Waals surface area (Å²) in [4.78, 5) is 23.3. The zero-order chi connectivity index (χ0) is 11.3. The number of rotatable bonds is 4. The predicted octanol–water partition coefficient (Wildman–Crippen LogP) is 1.18. The van der Waals surface area contributed by atoms with Crippen LogP contribution >= 0.6 is 0 Å². The second-order valence-corrected chi connectivity index (χ2v) is 3.80. The van der Waals surface area contributed by atoms with Crippen molar-refractivity contribution in [3.63, 3.8) is 0 Å². The van der Waals surface area contributed by atoms with E-state index in [0.717, 1.165) is 19.4 Å². The Morgan fingerprint density at radius 3 is 2.73 bits per heavy atom. The van der Waals surface area contributed by atoms with Crippen molar-refractivity contribution in [2.24, 2.45) is 11.8 Å². The Morgan fingerprint density at radius 2 is 2.27 bits per heavy atom. The number of methoxy groups -OCH3 is 1. The van der Waals surface area contributed by atoms with Crippen LogP contribution in [0.4, 0.5) is 0 Å². The maximum absolute atomic E-state index is 11.9. The van der Waals surface area contributed by atoms with Gasteiger partial charge >= 0.3 is 5.97 Å². The van der Waals surface area contributed by atoms with Crippen molar-refractivity contribution < 1.29 is 19.1 Å². The van der Waals surface area contributed by atoms with E-state index in [1.165, 1.54) is 7.11 Å². The third-order valence-corrected chi connectivity index (χ3v) is 2.80. The molecule has 0 aliphatic carbocycles. The number of Topliss-reactive ketones (excluding diaryl/α,β-unsaturated/α-hetero) is 1. The number of hydrogen-bond donors (Lipinski definition) is 0. The Bertz CT molecular complexity index is 231. The molecule has 0 amide bonds. The molecule has 1 aliphatic heterocycles. The molecule has 2 atom stereocenters. The van der Waals surface area contributed by atoms with Crippen molar-refractivity contribution in [3.05, 3.63) is 0 Å². The molecule has 0 aromatic rings. The van der Waals surface area contributed by atoms with Gasteiger partial charge in [0.2, 0.25) is 0 Å². The van der Waals surface area contributed by atoms with Crippen LogP contribution in [0.3, 0.4) is 0 Å². The molecule has 0 radical (unpaired) electrons. The van der Waals surface area contributed by atoms with E-state index in [4.69, 9.17) is 4.74 Å². The summed E-state index contributed by atoms with van der Waals surface area (Å²) in [5.74, 6) is -1.18. The van der Waals surface area contributed by atoms with Crippen molar-refractivity contribution in [2.45, 2.75) is 26.2 Å². The molecule has 2 unspecified atom stereocenters. The lowest BCUT2D eigenvalue weighted by Gasteiger charge is -2.23. The summed E-state index contributed by atoms with van der Waals surface area (Å²) in [5, 5.41) is 0. The minimum Gasteiger partial charge on any atom is -0.468 e. The van der Waals surface area contributed by atoms with Crippen LogP contribution in [-0.4, -0.2) is 32.1 Å². The highest BCUT2D eigenvalue weighted by Crippen LogP contribution is 2.20. The van der Waals surface area contributed by atoms with Crippen LogP contribution in [0.15, 0.2) is 0 Å². The first kappa shape index (κ1) is 12.2. The zero-order valence-corrected chi connectivity index (χ0v) is 9.32. The Morgan fingerprint density at radius 1 is 1.53 bits per heavy atom. The molecule has 0 saturated carbocycles. The summed E-state index contributed by atoms with van der Waals surface area (Å²) < 4.78 is 9.85. The first-order valence-corrected chi connectivity index (χ1v) is 5.40. The SMILES string of the molecule is CCC(C(=O)OC)C(=O)C1CCCOC1. The van der Waals surface area contributed by atoms with E-state index in [-0.39, 0.29) is 11.7 Å². The van der Waals surface area contributed by atoms with Gasteiger partial charge < -0.3 is 9.47 Å². The van der Waals surface area contributed by atoms with Gasteiger partial charge in [-0.15, -0.1) is 0 Å². The highest BCUT2D eigenvalue weighted by atomic mass is 16.5. The van der Waals surface area contributed by atoms with Gasteiger partial charge in [0.05, 0.1) is 13.7 Å². The van der Waals surface area contributed by atoms with E-state index in [9.17, 15) is 9.59 Å². The standard InChI is InChI=1S/C11H18O4/c1-3-9(11(13)14-2)10(12)8-5-4-6-15-7-8/h8-9H,3-7H2,1-2H3. The Kier molecular flexibility index (Phi) is 4.75. The average molecular weight is 214 g/mol. The van der Waals surface area contributed by atoms with E-state index < -0.39 is 11.9 Å². The molecule has 1 fully saturated rings. The number of esters is 1. The summed E-state index contributed by atoms with van der Waals surface area (Å²) >= 11 is 0. The highest BCUT2D eigenvalue weighted by Gasteiger charge is 2.32. The molecule has 0 spiro atoms. The first-order chi connectivity index (χ1) is 7.20. The summed E-state index contributed by atoms with van der Waals surface area (Å²) in [5.41, 5.74) is 0. The largest absolute Gasteiger partial charge is 0.468 e. The summed E-state index contributed by atoms with van der Waals surface area (Å²) in [6.45, 7) is 2.99. The second-order valence-electron chi connectivity index (χ2n) is 3.80. The Balaban J connectivity index is 2.58. The quantitative estimate of drug-likeness (QED) is 0.521. The van der Waals surface area contributed by atoms with Crippen LogP contribution in [0, 0.1) is 11.8 Å². The van der Waals surface area contributed by atoms with E-state index in [2.05, 4.69) is 4.74 Å². The molecule has 1 saturated heterocycles. The summed E-state index contributed by atoms with van der Waals surface area (Å²) in [6, 6.07) is 0. The molecule has 15 heavy (non-hydrogen) atoms. The van der Waals surface area contributed by atoms with Gasteiger partial charge in [-0.05, 0) is 19.3 Å². The first-order valence-electron chi connectivity index (χ1n) is 5.40. The smallest absolute Gasteiger partial charge is 0.316 e. The molecule has 86 valence electrons. The summed E-state index contributed by atoms with van der Waals surface area (Å²) in [6.07, 6.45) is 2.22. The van der Waals surface area contributed by atoms with Gasteiger partial charge in [-0.1, -0.05) is 6.92 Å². The molecule has 1 rings (SSSR count). The van der Waals surface area contributed by atoms with Gasteiger partial charge in [-0.2, -0.15) is 0 Å². The molecule has 0 bridgehead atoms. The van der Waals surface area contributed by atoms with Crippen LogP contribution in [-0.2, 0) is 19.1 Å². The van der Waals surface area contributed by atoms with Gasteiger partial charge in [-0.25, -0.2) is 0 Å². The molecule has 4 nitrogen and oxygen atoms in total. The van der Waals surface area contributed by atoms with Crippen LogP contribution in [0.2, 0.25) is 0 Å². The fourth-order valence-electron chi connectivity index (χ4n) is 1.88. The lowest BCUT2D eigenvalue weighted by molar-refractivity contribution is -0.151. The number of ketones is 1. The van der Waals surface area contributed by atoms with E-state index in [1.807, 2.05) is 6.92 Å². The second kappa shape index (κ2) is 5.85. The number of carbonyl (C=O) groups excluding carboxylic acids is 2.